The van der Waals surface area contributed by atoms with Crippen molar-refractivity contribution in [3.05, 3.63) is 29.9 Å². The lowest BCUT2D eigenvalue weighted by molar-refractivity contribution is 0.129. The van der Waals surface area contributed by atoms with Crippen LogP contribution < -0.4 is 10.6 Å². The molecule has 0 saturated carbocycles. The number of hydrogen-bond acceptors (Lipinski definition) is 5. The molecule has 2 rings (SSSR count). The van der Waals surface area contributed by atoms with Crippen LogP contribution in [0.5, 0.6) is 0 Å². The van der Waals surface area contributed by atoms with Crippen LogP contribution in [0, 0.1) is 5.41 Å². The van der Waals surface area contributed by atoms with Crippen LogP contribution in [-0.2, 0) is 0 Å². The molecule has 7 heteroatoms. The molecular formula is C16H22N4O2S. The second-order valence-electron chi connectivity index (χ2n) is 6.30. The number of urea groups is 1. The van der Waals surface area contributed by atoms with Crippen LogP contribution >= 0.6 is 11.3 Å². The number of aromatic nitrogens is 2. The fraction of sp³-hybridized carbons (Fsp3) is 0.438. The third-order valence-corrected chi connectivity index (χ3v) is 4.02. The molecule has 1 unspecified atom stereocenters. The van der Waals surface area contributed by atoms with Gasteiger partial charge in [0.05, 0.1) is 11.8 Å². The zero-order chi connectivity index (χ0) is 16.9. The van der Waals surface area contributed by atoms with Gasteiger partial charge in [-0.2, -0.15) is 0 Å². The van der Waals surface area contributed by atoms with E-state index in [0.717, 1.165) is 11.3 Å². The number of nitrogens with one attached hydrogen (secondary N) is 2. The minimum absolute atomic E-state index is 0.171. The average Bonchev–Trinajstić information content (AvgIpc) is 2.93. The van der Waals surface area contributed by atoms with E-state index in [2.05, 4.69) is 20.6 Å². The molecule has 0 radical (unpaired) electrons. The van der Waals surface area contributed by atoms with Crippen molar-refractivity contribution >= 4 is 22.5 Å². The minimum atomic E-state index is -0.393. The lowest BCUT2D eigenvalue weighted by Crippen LogP contribution is -2.38. The number of amides is 2. The standard InChI is InChI=1S/C16H22N4O2S/c1-11(21)7-16(2,3)10-18-14(22)20-15-19-13(9-23-15)12-5-4-6-17-8-12/h4-6,8-9,11,21H,7,10H2,1-3H3,(H2,18,19,20,22). The van der Waals surface area contributed by atoms with Crippen LogP contribution in [0.25, 0.3) is 11.3 Å². The molecule has 0 fully saturated rings. The molecule has 0 saturated heterocycles. The summed E-state index contributed by atoms with van der Waals surface area (Å²) in [6.45, 7) is 6.23. The summed E-state index contributed by atoms with van der Waals surface area (Å²) in [6.07, 6.45) is 3.67. The zero-order valence-electron chi connectivity index (χ0n) is 13.5. The van der Waals surface area contributed by atoms with E-state index in [9.17, 15) is 9.90 Å². The number of anilines is 1. The Morgan fingerprint density at radius 1 is 1.48 bits per heavy atom. The van der Waals surface area contributed by atoms with Gasteiger partial charge in [0.15, 0.2) is 5.13 Å². The Morgan fingerprint density at radius 3 is 2.91 bits per heavy atom. The Balaban J connectivity index is 1.88. The van der Waals surface area contributed by atoms with Crippen molar-refractivity contribution in [1.82, 2.24) is 15.3 Å². The highest BCUT2D eigenvalue weighted by Gasteiger charge is 2.21. The Morgan fingerprint density at radius 2 is 2.26 bits per heavy atom. The Bertz CT molecular complexity index is 641. The molecule has 0 aliphatic heterocycles. The van der Waals surface area contributed by atoms with E-state index in [1.54, 1.807) is 19.3 Å². The van der Waals surface area contributed by atoms with Crippen LogP contribution in [0.15, 0.2) is 29.9 Å². The van der Waals surface area contributed by atoms with Crippen molar-refractivity contribution in [1.29, 1.82) is 0 Å². The van der Waals surface area contributed by atoms with Gasteiger partial charge < -0.3 is 10.4 Å². The van der Waals surface area contributed by atoms with Gasteiger partial charge in [-0.05, 0) is 30.9 Å². The first-order valence-corrected chi connectivity index (χ1v) is 8.32. The molecule has 23 heavy (non-hydrogen) atoms. The van der Waals surface area contributed by atoms with Crippen LogP contribution in [-0.4, -0.2) is 33.8 Å². The second kappa shape index (κ2) is 7.52. The van der Waals surface area contributed by atoms with Crippen molar-refractivity contribution in [2.45, 2.75) is 33.3 Å². The first-order valence-electron chi connectivity index (χ1n) is 7.44. The maximum absolute atomic E-state index is 12.0. The molecule has 2 aromatic rings. The summed E-state index contributed by atoms with van der Waals surface area (Å²) in [5.74, 6) is 0. The summed E-state index contributed by atoms with van der Waals surface area (Å²) in [4.78, 5) is 20.4. The third-order valence-electron chi connectivity index (χ3n) is 3.26. The third kappa shape index (κ3) is 5.61. The van der Waals surface area contributed by atoms with Crippen LogP contribution in [0.3, 0.4) is 0 Å². The molecule has 0 aliphatic carbocycles. The number of pyridine rings is 1. The molecule has 2 aromatic heterocycles. The molecule has 3 N–H and O–H groups in total. The first kappa shape index (κ1) is 17.4. The highest BCUT2D eigenvalue weighted by molar-refractivity contribution is 7.14. The van der Waals surface area contributed by atoms with Gasteiger partial charge in [-0.3, -0.25) is 10.3 Å². The molecule has 6 nitrogen and oxygen atoms in total. The summed E-state index contributed by atoms with van der Waals surface area (Å²) in [5.41, 5.74) is 1.53. The van der Waals surface area contributed by atoms with E-state index < -0.39 is 6.10 Å². The lowest BCUT2D eigenvalue weighted by atomic mass is 9.87. The van der Waals surface area contributed by atoms with Crippen LogP contribution in [0.2, 0.25) is 0 Å². The number of nitrogens with zero attached hydrogens (tertiary/aromatic N) is 2. The highest BCUT2D eigenvalue weighted by Crippen LogP contribution is 2.24. The lowest BCUT2D eigenvalue weighted by Gasteiger charge is -2.26. The predicted molar refractivity (Wildman–Crippen MR) is 92.4 cm³/mol. The summed E-state index contributed by atoms with van der Waals surface area (Å²) in [5, 5.41) is 17.4. The molecular weight excluding hydrogens is 312 g/mol. The number of rotatable bonds is 6. The van der Waals surface area contributed by atoms with Gasteiger partial charge in [-0.15, -0.1) is 11.3 Å². The maximum Gasteiger partial charge on any atom is 0.321 e. The van der Waals surface area contributed by atoms with E-state index in [-0.39, 0.29) is 11.4 Å². The maximum atomic E-state index is 12.0. The van der Waals surface area contributed by atoms with Crippen LogP contribution in [0.1, 0.15) is 27.2 Å². The number of thiazole rings is 1. The molecule has 0 aliphatic rings. The number of carbonyl (C=O) groups is 1. The van der Waals surface area contributed by atoms with E-state index in [1.807, 2.05) is 31.4 Å². The summed E-state index contributed by atoms with van der Waals surface area (Å²) >= 11 is 1.37. The minimum Gasteiger partial charge on any atom is -0.393 e. The monoisotopic (exact) mass is 334 g/mol. The molecule has 124 valence electrons. The highest BCUT2D eigenvalue weighted by atomic mass is 32.1. The molecule has 0 bridgehead atoms. The fourth-order valence-corrected chi connectivity index (χ4v) is 3.03. The van der Waals surface area contributed by atoms with Crippen molar-refractivity contribution in [3.63, 3.8) is 0 Å². The second-order valence-corrected chi connectivity index (χ2v) is 7.16. The summed E-state index contributed by atoms with van der Waals surface area (Å²) in [7, 11) is 0. The molecule has 2 amide bonds. The molecule has 1 atom stereocenters. The quantitative estimate of drug-likeness (QED) is 0.757. The SMILES string of the molecule is CC(O)CC(C)(C)CNC(=O)Nc1nc(-c2cccnc2)cs1. The number of carbonyl (C=O) groups excluding carboxylic acids is 1. The Kier molecular flexibility index (Phi) is 5.68. The Labute approximate surface area is 140 Å². The average molecular weight is 334 g/mol. The van der Waals surface area contributed by atoms with E-state index >= 15 is 0 Å². The summed E-state index contributed by atoms with van der Waals surface area (Å²) in [6, 6.07) is 3.47. The fourth-order valence-electron chi connectivity index (χ4n) is 2.31. The number of aliphatic hydroxyl groups is 1. The van der Waals surface area contributed by atoms with Gasteiger partial charge in [0.25, 0.3) is 0 Å². The number of aliphatic hydroxyl groups excluding tert-OH is 1. The van der Waals surface area contributed by atoms with Crippen molar-refractivity contribution in [2.75, 3.05) is 11.9 Å². The van der Waals surface area contributed by atoms with Gasteiger partial charge in [0, 0.05) is 29.9 Å². The zero-order valence-corrected chi connectivity index (χ0v) is 14.4. The predicted octanol–water partition coefficient (Wildman–Crippen LogP) is 3.12. The molecule has 0 spiro atoms. The first-order chi connectivity index (χ1) is 10.9. The van der Waals surface area contributed by atoms with E-state index in [4.69, 9.17) is 0 Å². The molecule has 2 heterocycles. The van der Waals surface area contributed by atoms with E-state index in [1.165, 1.54) is 11.3 Å². The summed E-state index contributed by atoms with van der Waals surface area (Å²) < 4.78 is 0. The van der Waals surface area contributed by atoms with Gasteiger partial charge in [0.2, 0.25) is 0 Å². The smallest absolute Gasteiger partial charge is 0.321 e. The Hall–Kier alpha value is -1.99. The molecule has 0 aromatic carbocycles. The largest absolute Gasteiger partial charge is 0.393 e. The van der Waals surface area contributed by atoms with Gasteiger partial charge in [0.1, 0.15) is 0 Å². The van der Waals surface area contributed by atoms with Gasteiger partial charge in [-0.25, -0.2) is 9.78 Å². The van der Waals surface area contributed by atoms with Gasteiger partial charge in [-0.1, -0.05) is 13.8 Å². The van der Waals surface area contributed by atoms with Crippen LogP contribution in [0.4, 0.5) is 9.93 Å². The normalized spacial score (nSPS) is 12.7. The topological polar surface area (TPSA) is 87.1 Å². The van der Waals surface area contributed by atoms with E-state index in [0.29, 0.717) is 18.1 Å². The van der Waals surface area contributed by atoms with Crippen molar-refractivity contribution < 1.29 is 9.90 Å². The van der Waals surface area contributed by atoms with Crippen molar-refractivity contribution in [2.24, 2.45) is 5.41 Å². The van der Waals surface area contributed by atoms with Gasteiger partial charge >= 0.3 is 6.03 Å². The number of hydrogen-bond donors (Lipinski definition) is 3. The van der Waals surface area contributed by atoms with Crippen molar-refractivity contribution in [3.8, 4) is 11.3 Å².